The van der Waals surface area contributed by atoms with Crippen LogP contribution in [-0.4, -0.2) is 50.5 Å². The van der Waals surface area contributed by atoms with E-state index in [0.717, 1.165) is 37.7 Å². The summed E-state index contributed by atoms with van der Waals surface area (Å²) in [7, 11) is 0. The Morgan fingerprint density at radius 1 is 1.30 bits per heavy atom. The fraction of sp³-hybridized carbons (Fsp3) is 0.471. The lowest BCUT2D eigenvalue weighted by atomic mass is 10.1. The van der Waals surface area contributed by atoms with Crippen LogP contribution in [0.15, 0.2) is 30.3 Å². The number of hydrogen-bond donors (Lipinski definition) is 1. The van der Waals surface area contributed by atoms with E-state index in [1.165, 1.54) is 5.56 Å². The van der Waals surface area contributed by atoms with Crippen LogP contribution < -0.4 is 0 Å². The topological polar surface area (TPSA) is 65.1 Å². The smallest absolute Gasteiger partial charge is 0.219 e. The summed E-state index contributed by atoms with van der Waals surface area (Å²) in [5, 5.41) is 7.27. The minimum Gasteiger partial charge on any atom is -0.341 e. The number of carbonyl (C=O) groups excluding carboxylic acids is 1. The predicted octanol–water partition coefficient (Wildman–Crippen LogP) is 1.91. The van der Waals surface area contributed by atoms with Crippen molar-refractivity contribution in [2.75, 3.05) is 19.6 Å². The van der Waals surface area contributed by atoms with Gasteiger partial charge in [0.05, 0.1) is 6.04 Å². The van der Waals surface area contributed by atoms with Gasteiger partial charge in [-0.25, -0.2) is 4.98 Å². The summed E-state index contributed by atoms with van der Waals surface area (Å²) in [6.45, 7) is 6.73. The van der Waals surface area contributed by atoms with Gasteiger partial charge >= 0.3 is 0 Å². The maximum Gasteiger partial charge on any atom is 0.219 e. The number of nitrogens with one attached hydrogen (secondary N) is 1. The highest BCUT2D eigenvalue weighted by atomic mass is 16.2. The van der Waals surface area contributed by atoms with E-state index >= 15 is 0 Å². The first-order chi connectivity index (χ1) is 11.1. The third-order valence-corrected chi connectivity index (χ3v) is 4.29. The number of aromatic amines is 1. The molecule has 1 fully saturated rings. The molecule has 2 heterocycles. The highest BCUT2D eigenvalue weighted by molar-refractivity contribution is 5.73. The molecule has 3 rings (SSSR count). The van der Waals surface area contributed by atoms with Gasteiger partial charge in [0, 0.05) is 33.1 Å². The second-order valence-corrected chi connectivity index (χ2v) is 6.07. The number of amides is 1. The number of aryl methyl sites for hydroxylation is 1. The summed E-state index contributed by atoms with van der Waals surface area (Å²) < 4.78 is 0. The van der Waals surface area contributed by atoms with Crippen molar-refractivity contribution >= 4 is 5.91 Å². The van der Waals surface area contributed by atoms with Crippen LogP contribution in [0.4, 0.5) is 0 Å². The van der Waals surface area contributed by atoms with E-state index in [1.807, 2.05) is 17.9 Å². The number of aromatic nitrogens is 3. The van der Waals surface area contributed by atoms with Crippen molar-refractivity contribution < 1.29 is 4.79 Å². The van der Waals surface area contributed by atoms with E-state index in [9.17, 15) is 4.79 Å². The van der Waals surface area contributed by atoms with E-state index in [-0.39, 0.29) is 11.9 Å². The lowest BCUT2D eigenvalue weighted by Crippen LogP contribution is -2.37. The van der Waals surface area contributed by atoms with Crippen LogP contribution in [0, 0.1) is 6.92 Å². The molecule has 1 atom stereocenters. The first-order valence-electron chi connectivity index (χ1n) is 8.06. The molecule has 1 unspecified atom stereocenters. The molecule has 1 aromatic carbocycles. The number of hydrogen-bond acceptors (Lipinski definition) is 4. The standard InChI is InChI=1S/C17H23N5O/c1-13-18-17(20-19-13)16-12-21(14(2)23)9-6-10-22(16)11-15-7-4-3-5-8-15/h3-5,7-8,16H,6,9-12H2,1-2H3,(H,18,19,20). The molecule has 6 heteroatoms. The van der Waals surface area contributed by atoms with Crippen LogP contribution in [0.1, 0.15) is 36.6 Å². The second-order valence-electron chi connectivity index (χ2n) is 6.07. The van der Waals surface area contributed by atoms with Gasteiger partial charge < -0.3 is 4.90 Å². The number of nitrogens with zero attached hydrogens (tertiary/aromatic N) is 4. The maximum atomic E-state index is 11.9. The van der Waals surface area contributed by atoms with Crippen LogP contribution in [0.5, 0.6) is 0 Å². The summed E-state index contributed by atoms with van der Waals surface area (Å²) in [6.07, 6.45) is 0.965. The van der Waals surface area contributed by atoms with Crippen molar-refractivity contribution in [3.05, 3.63) is 47.5 Å². The molecule has 1 aliphatic heterocycles. The Hall–Kier alpha value is -2.21. The Balaban J connectivity index is 1.86. The zero-order chi connectivity index (χ0) is 16.2. The van der Waals surface area contributed by atoms with Crippen molar-refractivity contribution in [1.82, 2.24) is 25.0 Å². The van der Waals surface area contributed by atoms with E-state index in [0.29, 0.717) is 6.54 Å². The first kappa shape index (κ1) is 15.7. The monoisotopic (exact) mass is 313 g/mol. The molecule has 0 radical (unpaired) electrons. The molecule has 122 valence electrons. The zero-order valence-electron chi connectivity index (χ0n) is 13.7. The first-order valence-corrected chi connectivity index (χ1v) is 8.06. The summed E-state index contributed by atoms with van der Waals surface area (Å²) in [5.74, 6) is 1.69. The lowest BCUT2D eigenvalue weighted by Gasteiger charge is -2.29. The van der Waals surface area contributed by atoms with Crippen LogP contribution in [0.3, 0.4) is 0 Å². The number of rotatable bonds is 3. The number of benzene rings is 1. The van der Waals surface area contributed by atoms with E-state index in [1.54, 1.807) is 6.92 Å². The summed E-state index contributed by atoms with van der Waals surface area (Å²) in [4.78, 5) is 20.7. The third kappa shape index (κ3) is 3.76. The fourth-order valence-corrected chi connectivity index (χ4v) is 3.08. The van der Waals surface area contributed by atoms with Gasteiger partial charge in [0.1, 0.15) is 5.82 Å². The van der Waals surface area contributed by atoms with Gasteiger partial charge in [0.15, 0.2) is 5.82 Å². The molecule has 1 saturated heterocycles. The number of carbonyl (C=O) groups is 1. The molecule has 0 spiro atoms. The molecule has 1 amide bonds. The Labute approximate surface area is 136 Å². The Morgan fingerprint density at radius 3 is 2.74 bits per heavy atom. The van der Waals surface area contributed by atoms with Crippen molar-refractivity contribution in [2.45, 2.75) is 32.9 Å². The highest BCUT2D eigenvalue weighted by Crippen LogP contribution is 2.24. The van der Waals surface area contributed by atoms with Gasteiger partial charge in [-0.05, 0) is 18.9 Å². The number of H-pyrrole nitrogens is 1. The molecule has 1 N–H and O–H groups in total. The van der Waals surface area contributed by atoms with Crippen molar-refractivity contribution in [2.24, 2.45) is 0 Å². The lowest BCUT2D eigenvalue weighted by molar-refractivity contribution is -0.129. The van der Waals surface area contributed by atoms with E-state index in [4.69, 9.17) is 0 Å². The molecule has 0 saturated carbocycles. The van der Waals surface area contributed by atoms with Crippen molar-refractivity contribution in [3.8, 4) is 0 Å². The van der Waals surface area contributed by atoms with Gasteiger partial charge in [-0.15, -0.1) is 0 Å². The fourth-order valence-electron chi connectivity index (χ4n) is 3.08. The third-order valence-electron chi connectivity index (χ3n) is 4.29. The van der Waals surface area contributed by atoms with Crippen LogP contribution in [0.2, 0.25) is 0 Å². The molecular weight excluding hydrogens is 290 g/mol. The minimum absolute atomic E-state index is 0.0200. The highest BCUT2D eigenvalue weighted by Gasteiger charge is 2.30. The molecule has 23 heavy (non-hydrogen) atoms. The zero-order valence-corrected chi connectivity index (χ0v) is 13.7. The summed E-state index contributed by atoms with van der Waals surface area (Å²) in [5.41, 5.74) is 1.26. The molecule has 6 nitrogen and oxygen atoms in total. The second kappa shape index (κ2) is 6.91. The Bertz CT molecular complexity index is 654. The summed E-state index contributed by atoms with van der Waals surface area (Å²) >= 11 is 0. The molecule has 0 bridgehead atoms. The van der Waals surface area contributed by atoms with Gasteiger partial charge in [-0.2, -0.15) is 5.10 Å². The average molecular weight is 313 g/mol. The quantitative estimate of drug-likeness (QED) is 0.940. The molecule has 2 aromatic rings. The van der Waals surface area contributed by atoms with E-state index < -0.39 is 0 Å². The average Bonchev–Trinajstić information content (AvgIpc) is 2.85. The van der Waals surface area contributed by atoms with Crippen LogP contribution >= 0.6 is 0 Å². The van der Waals surface area contributed by atoms with Crippen LogP contribution in [0.25, 0.3) is 0 Å². The molecule has 0 aliphatic carbocycles. The Morgan fingerprint density at radius 2 is 2.09 bits per heavy atom. The van der Waals surface area contributed by atoms with Crippen molar-refractivity contribution in [3.63, 3.8) is 0 Å². The molecule has 1 aromatic heterocycles. The normalized spacial score (nSPS) is 19.6. The van der Waals surface area contributed by atoms with Gasteiger partial charge in [0.25, 0.3) is 0 Å². The van der Waals surface area contributed by atoms with Crippen molar-refractivity contribution in [1.29, 1.82) is 0 Å². The van der Waals surface area contributed by atoms with Gasteiger partial charge in [-0.3, -0.25) is 14.8 Å². The SMILES string of the molecule is CC(=O)N1CCCN(Cc2ccccc2)C(c2n[nH]c(C)n2)C1. The van der Waals surface area contributed by atoms with E-state index in [2.05, 4.69) is 44.3 Å². The van der Waals surface area contributed by atoms with Gasteiger partial charge in [-0.1, -0.05) is 30.3 Å². The molecular formula is C17H23N5O. The largest absolute Gasteiger partial charge is 0.341 e. The summed E-state index contributed by atoms with van der Waals surface area (Å²) in [6, 6.07) is 10.4. The van der Waals surface area contributed by atoms with Crippen LogP contribution in [-0.2, 0) is 11.3 Å². The Kier molecular flexibility index (Phi) is 4.71. The minimum atomic E-state index is 0.0200. The molecule has 1 aliphatic rings. The maximum absolute atomic E-state index is 11.9. The predicted molar refractivity (Wildman–Crippen MR) is 87.6 cm³/mol. The van der Waals surface area contributed by atoms with Gasteiger partial charge in [0.2, 0.25) is 5.91 Å².